The van der Waals surface area contributed by atoms with Gasteiger partial charge >= 0.3 is 0 Å². The Morgan fingerprint density at radius 3 is 2.63 bits per heavy atom. The number of hydrogen-bond donors (Lipinski definition) is 1. The molecule has 1 aromatic heterocycles. The number of ether oxygens (including phenoxy) is 2. The van der Waals surface area contributed by atoms with Crippen molar-refractivity contribution in [2.24, 2.45) is 0 Å². The van der Waals surface area contributed by atoms with Crippen molar-refractivity contribution < 1.29 is 14.3 Å². The molecule has 0 fully saturated rings. The maximum absolute atomic E-state index is 13.0. The minimum absolute atomic E-state index is 0.0701. The number of rotatable bonds is 3. The van der Waals surface area contributed by atoms with Crippen molar-refractivity contribution in [3.63, 3.8) is 0 Å². The Kier molecular flexibility index (Phi) is 3.67. The summed E-state index contributed by atoms with van der Waals surface area (Å²) in [5, 5.41) is 3.46. The Labute approximate surface area is 156 Å². The molecule has 0 saturated carbocycles. The van der Waals surface area contributed by atoms with Gasteiger partial charge in [-0.05, 0) is 30.3 Å². The van der Waals surface area contributed by atoms with E-state index >= 15 is 0 Å². The van der Waals surface area contributed by atoms with Gasteiger partial charge in [0.15, 0.2) is 11.5 Å². The van der Waals surface area contributed by atoms with Crippen LogP contribution in [0.2, 0.25) is 0 Å². The summed E-state index contributed by atoms with van der Waals surface area (Å²) in [5.41, 5.74) is 2.44. The van der Waals surface area contributed by atoms with E-state index in [1.54, 1.807) is 11.1 Å². The van der Waals surface area contributed by atoms with Crippen LogP contribution < -0.4 is 19.7 Å². The van der Waals surface area contributed by atoms with Crippen LogP contribution in [0.25, 0.3) is 0 Å². The number of fused-ring (bicyclic) bond motifs is 2. The van der Waals surface area contributed by atoms with Crippen LogP contribution in [0.4, 0.5) is 11.5 Å². The first-order valence-electron chi connectivity index (χ1n) is 8.81. The third-order valence-corrected chi connectivity index (χ3v) is 4.70. The van der Waals surface area contributed by atoms with E-state index < -0.39 is 0 Å². The number of hydrogen-bond acceptors (Lipinski definition) is 5. The smallest absolute Gasteiger partial charge is 0.261 e. The quantitative estimate of drug-likeness (QED) is 0.774. The Balaban J connectivity index is 1.54. The Morgan fingerprint density at radius 2 is 1.78 bits per heavy atom. The van der Waals surface area contributed by atoms with E-state index in [1.807, 2.05) is 60.7 Å². The molecular weight excluding hydrogens is 342 g/mol. The lowest BCUT2D eigenvalue weighted by atomic mass is 10.1. The third-order valence-electron chi connectivity index (χ3n) is 4.70. The fourth-order valence-corrected chi connectivity index (χ4v) is 3.48. The summed E-state index contributed by atoms with van der Waals surface area (Å²) in [4.78, 5) is 19.1. The number of carbonyl (C=O) groups excluding carboxylic acids is 1. The molecule has 1 N–H and O–H groups in total. The second-order valence-corrected chi connectivity index (χ2v) is 6.36. The molecular formula is C21H17N3O3. The minimum atomic E-state index is -0.355. The number of nitrogens with one attached hydrogen (secondary N) is 1. The molecule has 3 heterocycles. The molecule has 0 spiro atoms. The molecule has 0 bridgehead atoms. The summed E-state index contributed by atoms with van der Waals surface area (Å²) in [5.74, 6) is 1.97. The fraction of sp³-hybridized carbons (Fsp3) is 0.143. The molecule has 3 aromatic rings. The Hall–Kier alpha value is -3.54. The van der Waals surface area contributed by atoms with Gasteiger partial charge in [-0.15, -0.1) is 0 Å². The SMILES string of the molecule is O=C1c2ccccc2[C@@H](Nc2ccc3c(c2)OCCO3)N1c1ccccn1. The molecule has 6 nitrogen and oxygen atoms in total. The zero-order valence-electron chi connectivity index (χ0n) is 14.5. The molecule has 0 saturated heterocycles. The van der Waals surface area contributed by atoms with E-state index in [0.717, 1.165) is 17.0 Å². The summed E-state index contributed by atoms with van der Waals surface area (Å²) in [6.07, 6.45) is 1.33. The van der Waals surface area contributed by atoms with Crippen molar-refractivity contribution in [2.45, 2.75) is 6.17 Å². The number of anilines is 2. The predicted molar refractivity (Wildman–Crippen MR) is 101 cm³/mol. The lowest BCUT2D eigenvalue weighted by molar-refractivity contribution is 0.0992. The number of amides is 1. The highest BCUT2D eigenvalue weighted by atomic mass is 16.6. The zero-order valence-corrected chi connectivity index (χ0v) is 14.5. The van der Waals surface area contributed by atoms with Gasteiger partial charge in [-0.2, -0.15) is 0 Å². The normalized spacial score (nSPS) is 17.6. The van der Waals surface area contributed by atoms with E-state index in [2.05, 4.69) is 10.3 Å². The van der Waals surface area contributed by atoms with Crippen LogP contribution in [0.5, 0.6) is 11.5 Å². The maximum atomic E-state index is 13.0. The molecule has 134 valence electrons. The van der Waals surface area contributed by atoms with E-state index in [9.17, 15) is 4.79 Å². The van der Waals surface area contributed by atoms with Gasteiger partial charge in [0.25, 0.3) is 5.91 Å². The number of aromatic nitrogens is 1. The molecule has 1 atom stereocenters. The van der Waals surface area contributed by atoms with Crippen LogP contribution >= 0.6 is 0 Å². The average Bonchev–Trinajstić information content (AvgIpc) is 3.00. The molecule has 6 heteroatoms. The number of benzene rings is 2. The van der Waals surface area contributed by atoms with Gasteiger partial charge in [-0.25, -0.2) is 4.98 Å². The first-order chi connectivity index (χ1) is 13.3. The van der Waals surface area contributed by atoms with Crippen LogP contribution in [0.1, 0.15) is 22.1 Å². The Morgan fingerprint density at radius 1 is 0.963 bits per heavy atom. The standard InChI is InChI=1S/C21H17N3O3/c25-21-16-6-2-1-5-15(16)20(24(21)19-7-3-4-10-22-19)23-14-8-9-17-18(13-14)27-12-11-26-17/h1-10,13,20,23H,11-12H2/t20-/m0/s1. The molecule has 0 unspecified atom stereocenters. The van der Waals surface area contributed by atoms with E-state index in [-0.39, 0.29) is 12.1 Å². The number of nitrogens with zero attached hydrogens (tertiary/aromatic N) is 2. The summed E-state index contributed by atoms with van der Waals surface area (Å²) < 4.78 is 11.3. The van der Waals surface area contributed by atoms with Crippen molar-refractivity contribution in [2.75, 3.05) is 23.4 Å². The molecule has 27 heavy (non-hydrogen) atoms. The summed E-state index contributed by atoms with van der Waals surface area (Å²) in [6.45, 7) is 1.08. The monoisotopic (exact) mass is 359 g/mol. The van der Waals surface area contributed by atoms with Crippen LogP contribution in [0, 0.1) is 0 Å². The van der Waals surface area contributed by atoms with Gasteiger partial charge in [0.05, 0.1) is 0 Å². The second-order valence-electron chi connectivity index (χ2n) is 6.36. The van der Waals surface area contributed by atoms with Crippen LogP contribution in [0.15, 0.2) is 66.9 Å². The first-order valence-corrected chi connectivity index (χ1v) is 8.81. The lowest BCUT2D eigenvalue weighted by Gasteiger charge is -2.27. The van der Waals surface area contributed by atoms with Gasteiger partial charge in [0.2, 0.25) is 0 Å². The summed E-state index contributed by atoms with van der Waals surface area (Å²) in [6, 6.07) is 18.9. The fourth-order valence-electron chi connectivity index (χ4n) is 3.48. The van der Waals surface area contributed by atoms with Gasteiger partial charge < -0.3 is 14.8 Å². The van der Waals surface area contributed by atoms with Crippen molar-refractivity contribution in [1.29, 1.82) is 0 Å². The molecule has 0 aliphatic carbocycles. The zero-order chi connectivity index (χ0) is 18.2. The van der Waals surface area contributed by atoms with Crippen molar-refractivity contribution in [1.82, 2.24) is 4.98 Å². The van der Waals surface area contributed by atoms with Gasteiger partial charge in [-0.1, -0.05) is 24.3 Å². The molecule has 1 amide bonds. The van der Waals surface area contributed by atoms with Gasteiger partial charge in [0, 0.05) is 29.1 Å². The maximum Gasteiger partial charge on any atom is 0.261 e. The predicted octanol–water partition coefficient (Wildman–Crippen LogP) is 3.62. The highest BCUT2D eigenvalue weighted by Gasteiger charge is 2.38. The van der Waals surface area contributed by atoms with E-state index in [1.165, 1.54) is 0 Å². The van der Waals surface area contributed by atoms with E-state index in [4.69, 9.17) is 9.47 Å². The van der Waals surface area contributed by atoms with Crippen LogP contribution in [-0.2, 0) is 0 Å². The minimum Gasteiger partial charge on any atom is -0.486 e. The summed E-state index contributed by atoms with van der Waals surface area (Å²) >= 11 is 0. The molecule has 0 radical (unpaired) electrons. The average molecular weight is 359 g/mol. The highest BCUT2D eigenvalue weighted by molar-refractivity contribution is 6.11. The second kappa shape index (κ2) is 6.32. The van der Waals surface area contributed by atoms with Gasteiger partial charge in [-0.3, -0.25) is 9.69 Å². The van der Waals surface area contributed by atoms with Crippen molar-refractivity contribution in [3.05, 3.63) is 78.0 Å². The number of carbonyl (C=O) groups is 1. The van der Waals surface area contributed by atoms with Crippen LogP contribution in [0.3, 0.4) is 0 Å². The van der Waals surface area contributed by atoms with Crippen molar-refractivity contribution >= 4 is 17.4 Å². The molecule has 2 aliphatic rings. The first kappa shape index (κ1) is 15.7. The van der Waals surface area contributed by atoms with Crippen molar-refractivity contribution in [3.8, 4) is 11.5 Å². The molecule has 5 rings (SSSR count). The topological polar surface area (TPSA) is 63.7 Å². The molecule has 2 aliphatic heterocycles. The molecule has 2 aromatic carbocycles. The van der Waals surface area contributed by atoms with Gasteiger partial charge in [0.1, 0.15) is 25.2 Å². The Bertz CT molecular complexity index is 1010. The number of pyridine rings is 1. The highest BCUT2D eigenvalue weighted by Crippen LogP contribution is 2.39. The summed E-state index contributed by atoms with van der Waals surface area (Å²) in [7, 11) is 0. The lowest BCUT2D eigenvalue weighted by Crippen LogP contribution is -2.32. The third kappa shape index (κ3) is 2.66. The van der Waals surface area contributed by atoms with E-state index in [0.29, 0.717) is 30.3 Å². The largest absolute Gasteiger partial charge is 0.486 e. The van der Waals surface area contributed by atoms with Crippen LogP contribution in [-0.4, -0.2) is 24.1 Å².